The summed E-state index contributed by atoms with van der Waals surface area (Å²) in [6, 6.07) is 6.02. The van der Waals surface area contributed by atoms with Crippen LogP contribution in [0.5, 0.6) is 11.5 Å². The van der Waals surface area contributed by atoms with Crippen LogP contribution >= 0.6 is 0 Å². The van der Waals surface area contributed by atoms with Crippen LogP contribution in [0.4, 0.5) is 4.39 Å². The molecule has 1 heterocycles. The average molecular weight is 277 g/mol. The quantitative estimate of drug-likeness (QED) is 0.913. The Kier molecular flexibility index (Phi) is 4.53. The summed E-state index contributed by atoms with van der Waals surface area (Å²) in [5, 5.41) is 10.3. The molecule has 0 bridgehead atoms. The number of methoxy groups -OCH3 is 1. The minimum absolute atomic E-state index is 0.141. The summed E-state index contributed by atoms with van der Waals surface area (Å²) in [6.07, 6.45) is 2.12. The summed E-state index contributed by atoms with van der Waals surface area (Å²) >= 11 is 0. The Morgan fingerprint density at radius 2 is 2.05 bits per heavy atom. The van der Waals surface area contributed by atoms with E-state index in [1.54, 1.807) is 18.3 Å². The first-order chi connectivity index (χ1) is 9.65. The first-order valence-electron chi connectivity index (χ1n) is 6.25. The molecule has 1 aromatic heterocycles. The van der Waals surface area contributed by atoms with Gasteiger partial charge in [-0.25, -0.2) is 4.39 Å². The molecule has 2 aromatic rings. The second-order valence-corrected chi connectivity index (χ2v) is 4.18. The summed E-state index contributed by atoms with van der Waals surface area (Å²) in [7, 11) is 1.39. The fourth-order valence-corrected chi connectivity index (χ4v) is 1.88. The Labute approximate surface area is 116 Å². The van der Waals surface area contributed by atoms with E-state index in [0.29, 0.717) is 23.5 Å². The molecule has 0 aliphatic rings. The van der Waals surface area contributed by atoms with Gasteiger partial charge in [0.2, 0.25) is 0 Å². The van der Waals surface area contributed by atoms with Gasteiger partial charge in [0.1, 0.15) is 11.9 Å². The molecule has 0 saturated heterocycles. The van der Waals surface area contributed by atoms with Crippen LogP contribution in [0.3, 0.4) is 0 Å². The van der Waals surface area contributed by atoms with Gasteiger partial charge < -0.3 is 14.6 Å². The Morgan fingerprint density at radius 3 is 2.70 bits per heavy atom. The van der Waals surface area contributed by atoms with Gasteiger partial charge in [0, 0.05) is 11.8 Å². The monoisotopic (exact) mass is 277 g/mol. The van der Waals surface area contributed by atoms with E-state index in [0.717, 1.165) is 0 Å². The van der Waals surface area contributed by atoms with Crippen LogP contribution in [0.15, 0.2) is 36.7 Å². The van der Waals surface area contributed by atoms with E-state index in [4.69, 9.17) is 9.47 Å². The lowest BCUT2D eigenvalue weighted by atomic mass is 10.0. The largest absolute Gasteiger partial charge is 0.494 e. The third-order valence-corrected chi connectivity index (χ3v) is 2.85. The molecule has 2 rings (SSSR count). The summed E-state index contributed by atoms with van der Waals surface area (Å²) in [5.74, 6) is 0.193. The third kappa shape index (κ3) is 3.05. The fraction of sp³-hybridized carbons (Fsp3) is 0.267. The van der Waals surface area contributed by atoms with Gasteiger partial charge >= 0.3 is 0 Å². The average Bonchev–Trinajstić information content (AvgIpc) is 2.47. The topological polar surface area (TPSA) is 51.6 Å². The molecule has 0 fully saturated rings. The zero-order chi connectivity index (χ0) is 14.5. The first-order valence-corrected chi connectivity index (χ1v) is 6.25. The van der Waals surface area contributed by atoms with Crippen molar-refractivity contribution >= 4 is 0 Å². The summed E-state index contributed by atoms with van der Waals surface area (Å²) in [4.78, 5) is 4.00. The van der Waals surface area contributed by atoms with Gasteiger partial charge in [-0.15, -0.1) is 0 Å². The van der Waals surface area contributed by atoms with E-state index < -0.39 is 11.9 Å². The van der Waals surface area contributed by atoms with Gasteiger partial charge in [-0.1, -0.05) is 6.07 Å². The van der Waals surface area contributed by atoms with E-state index in [-0.39, 0.29) is 5.75 Å². The molecule has 0 saturated carbocycles. The van der Waals surface area contributed by atoms with Crippen LogP contribution in [-0.2, 0) is 0 Å². The van der Waals surface area contributed by atoms with E-state index >= 15 is 0 Å². The normalized spacial score (nSPS) is 12.0. The van der Waals surface area contributed by atoms with E-state index in [9.17, 15) is 9.50 Å². The number of hydrogen-bond acceptors (Lipinski definition) is 4. The predicted molar refractivity (Wildman–Crippen MR) is 72.4 cm³/mol. The molecule has 20 heavy (non-hydrogen) atoms. The molecule has 1 aromatic carbocycles. The molecule has 5 heteroatoms. The molecule has 0 radical (unpaired) electrons. The SMILES string of the molecule is CCOc1cncc(C(O)c2ccc(OC)c(F)c2)c1. The molecule has 106 valence electrons. The molecule has 4 nitrogen and oxygen atoms in total. The van der Waals surface area contributed by atoms with Gasteiger partial charge in [0.15, 0.2) is 11.6 Å². The summed E-state index contributed by atoms with van der Waals surface area (Å²) < 4.78 is 23.8. The smallest absolute Gasteiger partial charge is 0.165 e. The second kappa shape index (κ2) is 6.34. The zero-order valence-corrected chi connectivity index (χ0v) is 11.3. The Balaban J connectivity index is 2.28. The van der Waals surface area contributed by atoms with Crippen molar-refractivity contribution in [3.8, 4) is 11.5 Å². The molecule has 1 unspecified atom stereocenters. The lowest BCUT2D eigenvalue weighted by Crippen LogP contribution is -2.02. The molecule has 0 aliphatic heterocycles. The van der Waals surface area contributed by atoms with Crippen molar-refractivity contribution in [2.75, 3.05) is 13.7 Å². The maximum absolute atomic E-state index is 13.7. The maximum atomic E-state index is 13.7. The van der Waals surface area contributed by atoms with Gasteiger partial charge in [-0.05, 0) is 30.7 Å². The van der Waals surface area contributed by atoms with E-state index in [2.05, 4.69) is 4.98 Å². The van der Waals surface area contributed by atoms with Crippen LogP contribution in [0.1, 0.15) is 24.2 Å². The summed E-state index contributed by atoms with van der Waals surface area (Å²) in [6.45, 7) is 2.38. The maximum Gasteiger partial charge on any atom is 0.165 e. The van der Waals surface area contributed by atoms with Crippen molar-refractivity contribution in [1.29, 1.82) is 0 Å². The number of rotatable bonds is 5. The molecular formula is C15H16FNO3. The lowest BCUT2D eigenvalue weighted by Gasteiger charge is -2.13. The minimum atomic E-state index is -0.969. The number of aromatic nitrogens is 1. The van der Waals surface area contributed by atoms with E-state index in [1.165, 1.54) is 25.4 Å². The molecule has 1 N–H and O–H groups in total. The van der Waals surface area contributed by atoms with Crippen LogP contribution in [0, 0.1) is 5.82 Å². The predicted octanol–water partition coefficient (Wildman–Crippen LogP) is 2.71. The highest BCUT2D eigenvalue weighted by molar-refractivity contribution is 5.36. The molecule has 0 amide bonds. The summed E-state index contributed by atoms with van der Waals surface area (Å²) in [5.41, 5.74) is 0.972. The van der Waals surface area contributed by atoms with Crippen molar-refractivity contribution in [3.05, 3.63) is 53.6 Å². The van der Waals surface area contributed by atoms with Gasteiger partial charge in [-0.3, -0.25) is 4.98 Å². The standard InChI is InChI=1S/C15H16FNO3/c1-3-20-12-6-11(8-17-9-12)15(18)10-4-5-14(19-2)13(16)7-10/h4-9,15,18H,3H2,1-2H3. The van der Waals surface area contributed by atoms with Gasteiger partial charge in [0.25, 0.3) is 0 Å². The molecule has 0 aliphatic carbocycles. The zero-order valence-electron chi connectivity index (χ0n) is 11.3. The van der Waals surface area contributed by atoms with Crippen molar-refractivity contribution in [2.24, 2.45) is 0 Å². The number of halogens is 1. The van der Waals surface area contributed by atoms with Crippen LogP contribution in [0.25, 0.3) is 0 Å². The number of nitrogens with zero attached hydrogens (tertiary/aromatic N) is 1. The van der Waals surface area contributed by atoms with Crippen molar-refractivity contribution in [1.82, 2.24) is 4.98 Å². The van der Waals surface area contributed by atoms with Crippen LogP contribution < -0.4 is 9.47 Å². The highest BCUT2D eigenvalue weighted by Crippen LogP contribution is 2.27. The lowest BCUT2D eigenvalue weighted by molar-refractivity contribution is 0.218. The van der Waals surface area contributed by atoms with Crippen LogP contribution in [-0.4, -0.2) is 23.8 Å². The number of aliphatic hydroxyl groups is 1. The Morgan fingerprint density at radius 1 is 1.25 bits per heavy atom. The highest BCUT2D eigenvalue weighted by Gasteiger charge is 2.14. The first kappa shape index (κ1) is 14.3. The number of hydrogen-bond donors (Lipinski definition) is 1. The van der Waals surface area contributed by atoms with Crippen molar-refractivity contribution in [2.45, 2.75) is 13.0 Å². The van der Waals surface area contributed by atoms with Gasteiger partial charge in [-0.2, -0.15) is 0 Å². The highest BCUT2D eigenvalue weighted by atomic mass is 19.1. The second-order valence-electron chi connectivity index (χ2n) is 4.18. The van der Waals surface area contributed by atoms with E-state index in [1.807, 2.05) is 6.92 Å². The number of pyridine rings is 1. The Bertz CT molecular complexity index is 589. The molecule has 1 atom stereocenters. The van der Waals surface area contributed by atoms with Gasteiger partial charge in [0.05, 0.1) is 19.9 Å². The van der Waals surface area contributed by atoms with Crippen molar-refractivity contribution < 1.29 is 19.0 Å². The fourth-order valence-electron chi connectivity index (χ4n) is 1.88. The minimum Gasteiger partial charge on any atom is -0.494 e. The molecular weight excluding hydrogens is 261 g/mol. The number of ether oxygens (including phenoxy) is 2. The third-order valence-electron chi connectivity index (χ3n) is 2.85. The Hall–Kier alpha value is -2.14. The van der Waals surface area contributed by atoms with Crippen LogP contribution in [0.2, 0.25) is 0 Å². The number of aliphatic hydroxyl groups excluding tert-OH is 1. The molecule has 0 spiro atoms. The van der Waals surface area contributed by atoms with Crippen molar-refractivity contribution in [3.63, 3.8) is 0 Å². The number of benzene rings is 1.